The van der Waals surface area contributed by atoms with Gasteiger partial charge in [-0.3, -0.25) is 15.3 Å². The molecule has 3 N–H and O–H groups in total. The van der Waals surface area contributed by atoms with Gasteiger partial charge in [-0.05, 0) is 73.3 Å². The number of rotatable bonds is 6. The monoisotopic (exact) mass is 452 g/mol. The van der Waals surface area contributed by atoms with E-state index in [1.54, 1.807) is 12.1 Å². The zero-order valence-electron chi connectivity index (χ0n) is 17.3. The fraction of sp³-hybridized carbons (Fsp3) is 0.208. The first-order chi connectivity index (χ1) is 15.5. The Morgan fingerprint density at radius 3 is 2.03 bits per heavy atom. The molecule has 0 aliphatic carbocycles. The average molecular weight is 453 g/mol. The topological polar surface area (TPSA) is 105 Å². The van der Waals surface area contributed by atoms with Crippen molar-refractivity contribution in [3.8, 4) is 22.6 Å². The fourth-order valence-electron chi connectivity index (χ4n) is 3.88. The first-order valence-corrected chi connectivity index (χ1v) is 11.8. The lowest BCUT2D eigenvalue weighted by Gasteiger charge is -2.35. The molecule has 1 amide bonds. The molecule has 32 heavy (non-hydrogen) atoms. The van der Waals surface area contributed by atoms with Crippen molar-refractivity contribution in [1.29, 1.82) is 0 Å². The third-order valence-electron chi connectivity index (χ3n) is 5.62. The molecular weight excluding hydrogens is 428 g/mol. The van der Waals surface area contributed by atoms with Gasteiger partial charge in [0, 0.05) is 0 Å². The second-order valence-electron chi connectivity index (χ2n) is 7.62. The van der Waals surface area contributed by atoms with E-state index in [1.807, 2.05) is 54.6 Å². The Morgan fingerprint density at radius 1 is 0.875 bits per heavy atom. The van der Waals surface area contributed by atoms with Crippen molar-refractivity contribution in [3.63, 3.8) is 0 Å². The van der Waals surface area contributed by atoms with Crippen molar-refractivity contribution in [3.05, 3.63) is 78.9 Å². The first-order valence-electron chi connectivity index (χ1n) is 10.3. The minimum atomic E-state index is -4.10. The molecule has 0 bridgehead atoms. The van der Waals surface area contributed by atoms with Crippen LogP contribution in [-0.4, -0.2) is 30.9 Å². The van der Waals surface area contributed by atoms with Gasteiger partial charge in [0.1, 0.15) is 11.5 Å². The van der Waals surface area contributed by atoms with E-state index in [-0.39, 0.29) is 11.3 Å². The van der Waals surface area contributed by atoms with Gasteiger partial charge in [0.25, 0.3) is 5.91 Å². The van der Waals surface area contributed by atoms with Crippen LogP contribution < -0.4 is 15.5 Å². The van der Waals surface area contributed by atoms with Crippen LogP contribution in [0.5, 0.6) is 11.5 Å². The molecular formula is C24H24N2O5S. The molecule has 7 nitrogen and oxygen atoms in total. The summed E-state index contributed by atoms with van der Waals surface area (Å²) in [5.41, 5.74) is 3.67. The third-order valence-corrected chi connectivity index (χ3v) is 7.97. The van der Waals surface area contributed by atoms with Gasteiger partial charge in [0.2, 0.25) is 14.7 Å². The fourth-order valence-corrected chi connectivity index (χ4v) is 5.77. The van der Waals surface area contributed by atoms with Crippen molar-refractivity contribution in [2.24, 2.45) is 0 Å². The van der Waals surface area contributed by atoms with Gasteiger partial charge in [0.15, 0.2) is 0 Å². The number of hydrogen-bond donors (Lipinski definition) is 3. The molecule has 8 heteroatoms. The minimum Gasteiger partial charge on any atom is -0.457 e. The van der Waals surface area contributed by atoms with E-state index in [0.29, 0.717) is 24.5 Å². The number of hydroxylamine groups is 1. The quantitative estimate of drug-likeness (QED) is 0.387. The lowest BCUT2D eigenvalue weighted by molar-refractivity contribution is -0.133. The summed E-state index contributed by atoms with van der Waals surface area (Å²) in [5.74, 6) is 0.107. The van der Waals surface area contributed by atoms with Crippen LogP contribution in [0.4, 0.5) is 0 Å². The van der Waals surface area contributed by atoms with Crippen LogP contribution in [0.2, 0.25) is 0 Å². The highest BCUT2D eigenvalue weighted by atomic mass is 32.2. The van der Waals surface area contributed by atoms with Crippen LogP contribution in [0.3, 0.4) is 0 Å². The summed E-state index contributed by atoms with van der Waals surface area (Å²) in [5, 5.41) is 11.9. The van der Waals surface area contributed by atoms with Crippen molar-refractivity contribution >= 4 is 15.7 Å². The highest BCUT2D eigenvalue weighted by molar-refractivity contribution is 7.93. The summed E-state index contributed by atoms with van der Waals surface area (Å²) in [6.45, 7) is 0.368. The highest BCUT2D eigenvalue weighted by Crippen LogP contribution is 2.33. The normalized spacial score (nSPS) is 18.7. The molecule has 1 heterocycles. The summed E-state index contributed by atoms with van der Waals surface area (Å²) >= 11 is 0. The Bertz CT molecular complexity index is 1170. The van der Waals surface area contributed by atoms with E-state index in [0.717, 1.165) is 17.5 Å². The lowest BCUT2D eigenvalue weighted by Crippen LogP contribution is -2.63. The molecule has 166 valence electrons. The summed E-state index contributed by atoms with van der Waals surface area (Å²) in [7, 11) is -4.10. The number of piperidine rings is 1. The summed E-state index contributed by atoms with van der Waals surface area (Å²) in [6.07, 6.45) is 1.39. The molecule has 1 unspecified atom stereocenters. The van der Waals surface area contributed by atoms with Gasteiger partial charge in [-0.15, -0.1) is 0 Å². The van der Waals surface area contributed by atoms with Crippen LogP contribution in [0.1, 0.15) is 19.3 Å². The molecule has 1 saturated heterocycles. The summed E-state index contributed by atoms with van der Waals surface area (Å²) < 4.78 is 32.4. The maximum atomic E-state index is 13.3. The Balaban J connectivity index is 1.53. The first kappa shape index (κ1) is 22.0. The van der Waals surface area contributed by atoms with E-state index in [2.05, 4.69) is 5.32 Å². The zero-order valence-corrected chi connectivity index (χ0v) is 18.1. The number of carbonyl (C=O) groups is 1. The smallest absolute Gasteiger partial charge is 0.279 e. The van der Waals surface area contributed by atoms with E-state index in [9.17, 15) is 13.2 Å². The van der Waals surface area contributed by atoms with Crippen molar-refractivity contribution < 1.29 is 23.2 Å². The molecule has 1 atom stereocenters. The molecule has 0 saturated carbocycles. The molecule has 0 spiro atoms. The average Bonchev–Trinajstić information content (AvgIpc) is 2.85. The Kier molecular flexibility index (Phi) is 6.27. The number of sulfone groups is 1. The second-order valence-corrected chi connectivity index (χ2v) is 9.79. The Hall–Kier alpha value is -3.20. The van der Waals surface area contributed by atoms with E-state index < -0.39 is 20.6 Å². The van der Waals surface area contributed by atoms with Gasteiger partial charge in [-0.2, -0.15) is 0 Å². The Labute approximate surface area is 186 Å². The van der Waals surface area contributed by atoms with Gasteiger partial charge in [-0.1, -0.05) is 42.5 Å². The predicted octanol–water partition coefficient (Wildman–Crippen LogP) is 3.89. The van der Waals surface area contributed by atoms with Crippen molar-refractivity contribution in [2.75, 3.05) is 6.54 Å². The van der Waals surface area contributed by atoms with Gasteiger partial charge in [-0.25, -0.2) is 13.9 Å². The van der Waals surface area contributed by atoms with Crippen LogP contribution in [0.25, 0.3) is 11.1 Å². The van der Waals surface area contributed by atoms with E-state index >= 15 is 0 Å². The number of nitrogens with one attached hydrogen (secondary N) is 2. The highest BCUT2D eigenvalue weighted by Gasteiger charge is 2.51. The second kappa shape index (κ2) is 9.12. The number of amides is 1. The molecule has 0 radical (unpaired) electrons. The summed E-state index contributed by atoms with van der Waals surface area (Å²) in [4.78, 5) is 10.4. The van der Waals surface area contributed by atoms with Crippen LogP contribution >= 0.6 is 0 Å². The molecule has 1 aliphatic heterocycles. The van der Waals surface area contributed by atoms with Crippen molar-refractivity contribution in [1.82, 2.24) is 10.8 Å². The molecule has 1 aliphatic rings. The molecule has 3 aromatic carbocycles. The zero-order chi connectivity index (χ0) is 22.6. The number of carbonyl (C=O) groups excluding carboxylic acids is 1. The van der Waals surface area contributed by atoms with E-state index in [4.69, 9.17) is 9.94 Å². The van der Waals surface area contributed by atoms with Crippen LogP contribution in [0, 0.1) is 0 Å². The molecule has 0 aromatic heterocycles. The van der Waals surface area contributed by atoms with Gasteiger partial charge < -0.3 is 4.74 Å². The van der Waals surface area contributed by atoms with Crippen LogP contribution in [0.15, 0.2) is 83.8 Å². The number of ether oxygens (including phenoxy) is 1. The summed E-state index contributed by atoms with van der Waals surface area (Å²) in [6, 6.07) is 23.5. The van der Waals surface area contributed by atoms with Crippen LogP contribution in [-0.2, 0) is 14.6 Å². The molecule has 4 rings (SSSR count). The minimum absolute atomic E-state index is 0.0257. The van der Waals surface area contributed by atoms with Gasteiger partial charge >= 0.3 is 0 Å². The number of hydrogen-bond acceptors (Lipinski definition) is 6. The lowest BCUT2D eigenvalue weighted by atomic mass is 10.0. The maximum Gasteiger partial charge on any atom is 0.279 e. The van der Waals surface area contributed by atoms with Crippen molar-refractivity contribution in [2.45, 2.75) is 29.0 Å². The number of benzene rings is 3. The predicted molar refractivity (Wildman–Crippen MR) is 120 cm³/mol. The molecule has 1 fully saturated rings. The third kappa shape index (κ3) is 4.12. The Morgan fingerprint density at radius 2 is 1.47 bits per heavy atom. The van der Waals surface area contributed by atoms with Gasteiger partial charge in [0.05, 0.1) is 4.90 Å². The largest absolute Gasteiger partial charge is 0.457 e. The maximum absolute atomic E-state index is 13.3. The van der Waals surface area contributed by atoms with E-state index in [1.165, 1.54) is 17.6 Å². The molecule has 3 aromatic rings. The standard InChI is InChI=1S/C24H24N2O5S/c27-23(26-28)24(16-4-5-17-25-24)32(29,30)22-14-12-21(13-15-22)31-20-10-8-19(9-11-20)18-6-2-1-3-7-18/h1-3,6-15,25,28H,4-5,16-17H2,(H,26,27). The SMILES string of the molecule is O=C(NO)C1(S(=O)(=O)c2ccc(Oc3ccc(-c4ccccc4)cc3)cc2)CCCCN1.